The van der Waals surface area contributed by atoms with Crippen LogP contribution in [-0.2, 0) is 4.74 Å². The summed E-state index contributed by atoms with van der Waals surface area (Å²) in [5, 5.41) is 15.4. The van der Waals surface area contributed by atoms with Crippen molar-refractivity contribution in [3.63, 3.8) is 0 Å². The summed E-state index contributed by atoms with van der Waals surface area (Å²) in [6, 6.07) is -0.218. The molecule has 1 heterocycles. The molecule has 106 valence electrons. The highest BCUT2D eigenvalue weighted by atomic mass is 16.6. The molecule has 1 unspecified atom stereocenters. The number of ether oxygens (including phenoxy) is 1. The number of carbonyl (C=O) groups excluding carboxylic acids is 1. The first-order valence-electron chi connectivity index (χ1n) is 6.72. The molecule has 0 saturated carbocycles. The quantitative estimate of drug-likeness (QED) is 0.710. The van der Waals surface area contributed by atoms with Crippen LogP contribution in [0.3, 0.4) is 0 Å². The molecule has 1 amide bonds. The summed E-state index contributed by atoms with van der Waals surface area (Å²) in [7, 11) is 0. The van der Waals surface area contributed by atoms with E-state index in [9.17, 15) is 9.90 Å². The van der Waals surface area contributed by atoms with E-state index in [-0.39, 0.29) is 12.6 Å². The zero-order valence-corrected chi connectivity index (χ0v) is 11.7. The van der Waals surface area contributed by atoms with Gasteiger partial charge in [0.2, 0.25) is 0 Å². The summed E-state index contributed by atoms with van der Waals surface area (Å²) in [6.07, 6.45) is 2.66. The number of rotatable bonds is 4. The number of aliphatic hydroxyl groups is 1. The van der Waals surface area contributed by atoms with E-state index < -0.39 is 11.7 Å². The van der Waals surface area contributed by atoms with Crippen molar-refractivity contribution < 1.29 is 14.6 Å². The smallest absolute Gasteiger partial charge is 0.407 e. The van der Waals surface area contributed by atoms with Gasteiger partial charge in [-0.1, -0.05) is 0 Å². The molecule has 0 spiro atoms. The van der Waals surface area contributed by atoms with Crippen LogP contribution in [0.15, 0.2) is 0 Å². The van der Waals surface area contributed by atoms with Gasteiger partial charge in [0.1, 0.15) is 5.60 Å². The molecule has 1 fully saturated rings. The van der Waals surface area contributed by atoms with Crippen molar-refractivity contribution in [3.05, 3.63) is 0 Å². The van der Waals surface area contributed by atoms with Crippen LogP contribution >= 0.6 is 0 Å². The fourth-order valence-corrected chi connectivity index (χ4v) is 2.18. The van der Waals surface area contributed by atoms with Gasteiger partial charge >= 0.3 is 6.09 Å². The molecule has 5 nitrogen and oxygen atoms in total. The number of nitrogens with one attached hydrogen (secondary N) is 2. The summed E-state index contributed by atoms with van der Waals surface area (Å²) in [6.45, 7) is 7.46. The Labute approximate surface area is 109 Å². The fraction of sp³-hybridized carbons (Fsp3) is 0.923. The van der Waals surface area contributed by atoms with Crippen LogP contribution < -0.4 is 10.6 Å². The van der Waals surface area contributed by atoms with E-state index in [0.29, 0.717) is 5.92 Å². The van der Waals surface area contributed by atoms with Crippen molar-refractivity contribution >= 4 is 6.09 Å². The Morgan fingerprint density at radius 2 is 2.28 bits per heavy atom. The summed E-state index contributed by atoms with van der Waals surface area (Å²) in [5.41, 5.74) is -0.503. The van der Waals surface area contributed by atoms with Crippen LogP contribution in [0.25, 0.3) is 0 Å². The second kappa shape index (κ2) is 6.95. The van der Waals surface area contributed by atoms with Gasteiger partial charge in [-0.15, -0.1) is 0 Å². The van der Waals surface area contributed by atoms with Gasteiger partial charge < -0.3 is 20.5 Å². The molecular formula is C13H26N2O3. The Hall–Kier alpha value is -0.810. The van der Waals surface area contributed by atoms with Gasteiger partial charge in [-0.25, -0.2) is 4.79 Å². The number of hydrogen-bond donors (Lipinski definition) is 3. The molecule has 1 saturated heterocycles. The summed E-state index contributed by atoms with van der Waals surface area (Å²) in [4.78, 5) is 11.6. The number of amides is 1. The molecule has 5 heteroatoms. The molecule has 1 rings (SSSR count). The Balaban J connectivity index is 2.34. The second-order valence-electron chi connectivity index (χ2n) is 5.97. The number of alkyl carbamates (subject to hydrolysis) is 1. The minimum atomic E-state index is -0.503. The predicted molar refractivity (Wildman–Crippen MR) is 70.5 cm³/mol. The van der Waals surface area contributed by atoms with Crippen LogP contribution in [-0.4, -0.2) is 42.5 Å². The second-order valence-corrected chi connectivity index (χ2v) is 5.97. The molecule has 0 aromatic carbocycles. The Morgan fingerprint density at radius 3 is 2.78 bits per heavy atom. The Bertz CT molecular complexity index is 257. The first kappa shape index (κ1) is 15.2. The highest BCUT2D eigenvalue weighted by Crippen LogP contribution is 2.16. The average molecular weight is 258 g/mol. The summed E-state index contributed by atoms with van der Waals surface area (Å²) >= 11 is 0. The molecule has 0 bridgehead atoms. The highest BCUT2D eigenvalue weighted by Gasteiger charge is 2.22. The summed E-state index contributed by atoms with van der Waals surface area (Å²) < 4.78 is 5.18. The third kappa shape index (κ3) is 6.21. The number of aliphatic hydroxyl groups excluding tert-OH is 1. The van der Waals surface area contributed by atoms with Gasteiger partial charge in [0, 0.05) is 0 Å². The van der Waals surface area contributed by atoms with Gasteiger partial charge in [-0.3, -0.25) is 0 Å². The third-order valence-electron chi connectivity index (χ3n) is 2.96. The first-order chi connectivity index (χ1) is 8.40. The third-order valence-corrected chi connectivity index (χ3v) is 2.96. The van der Waals surface area contributed by atoms with E-state index in [4.69, 9.17) is 4.74 Å². The monoisotopic (exact) mass is 258 g/mol. The lowest BCUT2D eigenvalue weighted by Crippen LogP contribution is -2.43. The van der Waals surface area contributed by atoms with Gasteiger partial charge in [0.15, 0.2) is 0 Å². The Morgan fingerprint density at radius 1 is 1.56 bits per heavy atom. The lowest BCUT2D eigenvalue weighted by atomic mass is 9.93. The van der Waals surface area contributed by atoms with Crippen molar-refractivity contribution in [3.8, 4) is 0 Å². The molecule has 0 aromatic heterocycles. The van der Waals surface area contributed by atoms with Crippen molar-refractivity contribution in [1.29, 1.82) is 0 Å². The van der Waals surface area contributed by atoms with Crippen LogP contribution in [0.2, 0.25) is 0 Å². The lowest BCUT2D eigenvalue weighted by Gasteiger charge is -2.27. The molecule has 2 atom stereocenters. The molecule has 18 heavy (non-hydrogen) atoms. The SMILES string of the molecule is CC(C)(C)OC(=O)N[C@H](CO)CC1CCCNC1. The summed E-state index contributed by atoms with van der Waals surface area (Å²) in [5.74, 6) is 0.519. The maximum Gasteiger partial charge on any atom is 0.407 e. The molecule has 1 aliphatic heterocycles. The first-order valence-corrected chi connectivity index (χ1v) is 6.72. The maximum absolute atomic E-state index is 11.6. The number of piperidine rings is 1. The van der Waals surface area contributed by atoms with Crippen LogP contribution in [0.4, 0.5) is 4.79 Å². The zero-order valence-electron chi connectivity index (χ0n) is 11.7. The van der Waals surface area contributed by atoms with Gasteiger partial charge in [0.05, 0.1) is 12.6 Å². The standard InChI is InChI=1S/C13H26N2O3/c1-13(2,3)18-12(17)15-11(9-16)7-10-5-4-6-14-8-10/h10-11,14,16H,4-9H2,1-3H3,(H,15,17)/t10?,11-/m0/s1. The number of hydrogen-bond acceptors (Lipinski definition) is 4. The molecule has 1 aliphatic rings. The lowest BCUT2D eigenvalue weighted by molar-refractivity contribution is 0.0470. The molecule has 0 radical (unpaired) electrons. The molecular weight excluding hydrogens is 232 g/mol. The van der Waals surface area contributed by atoms with Crippen LogP contribution in [0.1, 0.15) is 40.0 Å². The van der Waals surface area contributed by atoms with Gasteiger partial charge in [0.25, 0.3) is 0 Å². The van der Waals surface area contributed by atoms with E-state index in [1.165, 1.54) is 0 Å². The van der Waals surface area contributed by atoms with E-state index >= 15 is 0 Å². The van der Waals surface area contributed by atoms with E-state index in [2.05, 4.69) is 10.6 Å². The van der Waals surface area contributed by atoms with Gasteiger partial charge in [-0.05, 0) is 59.0 Å². The molecule has 0 aliphatic carbocycles. The van der Waals surface area contributed by atoms with Crippen molar-refractivity contribution in [2.24, 2.45) is 5.92 Å². The predicted octanol–water partition coefficient (Wildman–Crippen LogP) is 1.26. The van der Waals surface area contributed by atoms with Crippen molar-refractivity contribution in [1.82, 2.24) is 10.6 Å². The number of carbonyl (C=O) groups is 1. The normalized spacial score (nSPS) is 22.3. The zero-order chi connectivity index (χ0) is 13.6. The highest BCUT2D eigenvalue weighted by molar-refractivity contribution is 5.68. The topological polar surface area (TPSA) is 70.6 Å². The minimum absolute atomic E-state index is 0.0459. The fourth-order valence-electron chi connectivity index (χ4n) is 2.18. The van der Waals surface area contributed by atoms with E-state index in [0.717, 1.165) is 32.4 Å². The van der Waals surface area contributed by atoms with E-state index in [1.54, 1.807) is 0 Å². The maximum atomic E-state index is 11.6. The van der Waals surface area contributed by atoms with Gasteiger partial charge in [-0.2, -0.15) is 0 Å². The molecule has 3 N–H and O–H groups in total. The minimum Gasteiger partial charge on any atom is -0.444 e. The van der Waals surface area contributed by atoms with Crippen LogP contribution in [0, 0.1) is 5.92 Å². The largest absolute Gasteiger partial charge is 0.444 e. The van der Waals surface area contributed by atoms with Crippen molar-refractivity contribution in [2.75, 3.05) is 19.7 Å². The molecule has 0 aromatic rings. The average Bonchev–Trinajstić information content (AvgIpc) is 2.27. The van der Waals surface area contributed by atoms with E-state index in [1.807, 2.05) is 20.8 Å². The van der Waals surface area contributed by atoms with Crippen LogP contribution in [0.5, 0.6) is 0 Å². The van der Waals surface area contributed by atoms with Crippen molar-refractivity contribution in [2.45, 2.75) is 51.7 Å². The Kier molecular flexibility index (Phi) is 5.88.